The predicted octanol–water partition coefficient (Wildman–Crippen LogP) is 0.983. The molecule has 1 rings (SSSR count). The number of amides is 1. The van der Waals surface area contributed by atoms with Crippen molar-refractivity contribution in [1.29, 1.82) is 0 Å². The first-order valence-corrected chi connectivity index (χ1v) is 5.61. The van der Waals surface area contributed by atoms with E-state index >= 15 is 0 Å². The van der Waals surface area contributed by atoms with Crippen molar-refractivity contribution in [2.75, 3.05) is 20.6 Å². The molecule has 4 nitrogen and oxygen atoms in total. The Morgan fingerprint density at radius 2 is 2.25 bits per heavy atom. The molecule has 1 aromatic rings. The zero-order chi connectivity index (χ0) is 12.0. The number of aromatic nitrogens is 1. The second kappa shape index (κ2) is 6.33. The lowest BCUT2D eigenvalue weighted by Crippen LogP contribution is -2.23. The summed E-state index contributed by atoms with van der Waals surface area (Å²) in [4.78, 5) is 12.9. The lowest BCUT2D eigenvalue weighted by molar-refractivity contribution is -0.128. The Kier molecular flexibility index (Phi) is 5.05. The number of hydrogen-bond acceptors (Lipinski definition) is 2. The number of carbonyl (C=O) groups excluding carboxylic acids is 1. The van der Waals surface area contributed by atoms with E-state index in [2.05, 4.69) is 17.6 Å². The summed E-state index contributed by atoms with van der Waals surface area (Å²) in [5, 5.41) is 3.33. The fourth-order valence-corrected chi connectivity index (χ4v) is 1.49. The van der Waals surface area contributed by atoms with Gasteiger partial charge in [0.05, 0.1) is 0 Å². The fraction of sp³-hybridized carbons (Fsp3) is 0.583. The first kappa shape index (κ1) is 12.8. The summed E-state index contributed by atoms with van der Waals surface area (Å²) in [5.41, 5.74) is 1.28. The van der Waals surface area contributed by atoms with Gasteiger partial charge in [0.2, 0.25) is 5.91 Å². The average molecular weight is 223 g/mol. The molecule has 0 saturated carbocycles. The molecule has 0 aliphatic carbocycles. The maximum Gasteiger partial charge on any atom is 0.222 e. The summed E-state index contributed by atoms with van der Waals surface area (Å²) >= 11 is 0. The molecule has 0 aliphatic rings. The Balaban J connectivity index is 2.06. The molecule has 0 aliphatic heterocycles. The average Bonchev–Trinajstić information content (AvgIpc) is 2.63. The summed E-state index contributed by atoms with van der Waals surface area (Å²) in [6, 6.07) is 2.10. The lowest BCUT2D eigenvalue weighted by Gasteiger charge is -2.09. The van der Waals surface area contributed by atoms with E-state index in [0.29, 0.717) is 6.42 Å². The van der Waals surface area contributed by atoms with Gasteiger partial charge in [0, 0.05) is 46.5 Å². The van der Waals surface area contributed by atoms with Crippen LogP contribution in [0.3, 0.4) is 0 Å². The molecular formula is C12H21N3O. The van der Waals surface area contributed by atoms with E-state index in [1.54, 1.807) is 19.0 Å². The van der Waals surface area contributed by atoms with Crippen LogP contribution in [-0.2, 0) is 18.4 Å². The molecule has 0 spiro atoms. The highest BCUT2D eigenvalue weighted by molar-refractivity contribution is 5.75. The van der Waals surface area contributed by atoms with Crippen molar-refractivity contribution in [2.24, 2.45) is 7.05 Å². The van der Waals surface area contributed by atoms with Gasteiger partial charge in [-0.15, -0.1) is 0 Å². The molecule has 1 N–H and O–H groups in total. The molecule has 4 heteroatoms. The number of aryl methyl sites for hydroxylation is 1. The third-order valence-electron chi connectivity index (χ3n) is 2.47. The Morgan fingerprint density at radius 3 is 2.81 bits per heavy atom. The van der Waals surface area contributed by atoms with Crippen LogP contribution in [0.5, 0.6) is 0 Å². The van der Waals surface area contributed by atoms with E-state index in [1.165, 1.54) is 5.56 Å². The van der Waals surface area contributed by atoms with Crippen LogP contribution in [0.1, 0.15) is 18.4 Å². The van der Waals surface area contributed by atoms with Crippen molar-refractivity contribution in [1.82, 2.24) is 14.8 Å². The van der Waals surface area contributed by atoms with Crippen molar-refractivity contribution in [3.8, 4) is 0 Å². The number of nitrogens with zero attached hydrogens (tertiary/aromatic N) is 2. The molecule has 90 valence electrons. The zero-order valence-electron chi connectivity index (χ0n) is 10.4. The monoisotopic (exact) mass is 223 g/mol. The van der Waals surface area contributed by atoms with Gasteiger partial charge in [-0.3, -0.25) is 4.79 Å². The maximum atomic E-state index is 11.3. The predicted molar refractivity (Wildman–Crippen MR) is 65.0 cm³/mol. The largest absolute Gasteiger partial charge is 0.357 e. The van der Waals surface area contributed by atoms with Crippen LogP contribution in [0.2, 0.25) is 0 Å². The number of rotatable bonds is 6. The molecule has 0 unspecified atom stereocenters. The SMILES string of the molecule is CN(C)C(=O)CCCNCc1ccn(C)c1. The minimum absolute atomic E-state index is 0.196. The first-order chi connectivity index (χ1) is 7.59. The second-order valence-corrected chi connectivity index (χ2v) is 4.25. The van der Waals surface area contributed by atoms with Crippen LogP contribution in [-0.4, -0.2) is 36.0 Å². The van der Waals surface area contributed by atoms with Gasteiger partial charge < -0.3 is 14.8 Å². The maximum absolute atomic E-state index is 11.3. The van der Waals surface area contributed by atoms with Crippen LogP contribution in [0.25, 0.3) is 0 Å². The molecule has 0 radical (unpaired) electrons. The number of nitrogens with one attached hydrogen (secondary N) is 1. The van der Waals surface area contributed by atoms with E-state index in [0.717, 1.165) is 19.5 Å². The summed E-state index contributed by atoms with van der Waals surface area (Å²) in [6.07, 6.45) is 5.64. The molecule has 0 fully saturated rings. The smallest absolute Gasteiger partial charge is 0.222 e. The summed E-state index contributed by atoms with van der Waals surface area (Å²) in [5.74, 6) is 0.196. The normalized spacial score (nSPS) is 10.4. The fourth-order valence-electron chi connectivity index (χ4n) is 1.49. The quantitative estimate of drug-likeness (QED) is 0.730. The Bertz CT molecular complexity index is 331. The van der Waals surface area contributed by atoms with Gasteiger partial charge >= 0.3 is 0 Å². The topological polar surface area (TPSA) is 37.3 Å². The summed E-state index contributed by atoms with van der Waals surface area (Å²) < 4.78 is 2.03. The highest BCUT2D eigenvalue weighted by Gasteiger charge is 2.02. The van der Waals surface area contributed by atoms with Gasteiger partial charge in [0.25, 0.3) is 0 Å². The molecule has 0 atom stereocenters. The number of hydrogen-bond donors (Lipinski definition) is 1. The highest BCUT2D eigenvalue weighted by Crippen LogP contribution is 1.99. The third-order valence-corrected chi connectivity index (χ3v) is 2.47. The van der Waals surface area contributed by atoms with Crippen molar-refractivity contribution in [3.63, 3.8) is 0 Å². The van der Waals surface area contributed by atoms with Gasteiger partial charge in [0.1, 0.15) is 0 Å². The van der Waals surface area contributed by atoms with Gasteiger partial charge in [-0.05, 0) is 24.6 Å². The number of carbonyl (C=O) groups is 1. The van der Waals surface area contributed by atoms with Crippen LogP contribution < -0.4 is 5.32 Å². The van der Waals surface area contributed by atoms with E-state index in [4.69, 9.17) is 0 Å². The summed E-state index contributed by atoms with van der Waals surface area (Å²) in [7, 11) is 5.60. The third kappa shape index (κ3) is 4.49. The van der Waals surface area contributed by atoms with Crippen molar-refractivity contribution in [3.05, 3.63) is 24.0 Å². The van der Waals surface area contributed by atoms with Gasteiger partial charge in [-0.25, -0.2) is 0 Å². The van der Waals surface area contributed by atoms with Crippen molar-refractivity contribution in [2.45, 2.75) is 19.4 Å². The van der Waals surface area contributed by atoms with Crippen LogP contribution in [0.15, 0.2) is 18.5 Å². The van der Waals surface area contributed by atoms with E-state index < -0.39 is 0 Å². The molecule has 0 saturated heterocycles. The van der Waals surface area contributed by atoms with Gasteiger partial charge in [-0.2, -0.15) is 0 Å². The molecule has 16 heavy (non-hydrogen) atoms. The molecule has 0 bridgehead atoms. The second-order valence-electron chi connectivity index (χ2n) is 4.25. The molecule has 1 heterocycles. The van der Waals surface area contributed by atoms with Crippen molar-refractivity contribution < 1.29 is 4.79 Å². The minimum Gasteiger partial charge on any atom is -0.357 e. The highest BCUT2D eigenvalue weighted by atomic mass is 16.2. The van der Waals surface area contributed by atoms with E-state index in [-0.39, 0.29) is 5.91 Å². The Labute approximate surface area is 97.2 Å². The Hall–Kier alpha value is -1.29. The van der Waals surface area contributed by atoms with Gasteiger partial charge in [0.15, 0.2) is 0 Å². The standard InChI is InChI=1S/C12H21N3O/c1-14(2)12(16)5-4-7-13-9-11-6-8-15(3)10-11/h6,8,10,13H,4-5,7,9H2,1-3H3. The molecule has 1 aromatic heterocycles. The van der Waals surface area contributed by atoms with Gasteiger partial charge in [-0.1, -0.05) is 0 Å². The molecule has 0 aromatic carbocycles. The van der Waals surface area contributed by atoms with Crippen LogP contribution in [0.4, 0.5) is 0 Å². The van der Waals surface area contributed by atoms with Crippen molar-refractivity contribution >= 4 is 5.91 Å². The van der Waals surface area contributed by atoms with E-state index in [9.17, 15) is 4.79 Å². The van der Waals surface area contributed by atoms with E-state index in [1.807, 2.05) is 17.8 Å². The minimum atomic E-state index is 0.196. The summed E-state index contributed by atoms with van der Waals surface area (Å²) in [6.45, 7) is 1.76. The Morgan fingerprint density at radius 1 is 1.50 bits per heavy atom. The molecular weight excluding hydrogens is 202 g/mol. The lowest BCUT2D eigenvalue weighted by atomic mass is 10.2. The van der Waals surface area contributed by atoms with Crippen LogP contribution in [0, 0.1) is 0 Å². The zero-order valence-corrected chi connectivity index (χ0v) is 10.4. The first-order valence-electron chi connectivity index (χ1n) is 5.61. The van der Waals surface area contributed by atoms with Crippen LogP contribution >= 0.6 is 0 Å². The molecule has 1 amide bonds.